The summed E-state index contributed by atoms with van der Waals surface area (Å²) in [6.07, 6.45) is 2.38. The Morgan fingerprint density at radius 3 is 2.58 bits per heavy atom. The number of ether oxygens (including phenoxy) is 1. The van der Waals surface area contributed by atoms with Crippen molar-refractivity contribution in [2.24, 2.45) is 5.41 Å². The van der Waals surface area contributed by atoms with Gasteiger partial charge in [0.15, 0.2) is 0 Å². The number of hydrogen-bond acceptors (Lipinski definition) is 3. The third-order valence-corrected chi connectivity index (χ3v) is 4.62. The van der Waals surface area contributed by atoms with Crippen LogP contribution in [0.2, 0.25) is 0 Å². The van der Waals surface area contributed by atoms with E-state index in [9.17, 15) is 0 Å². The molecule has 0 bridgehead atoms. The number of aromatic nitrogens is 2. The van der Waals surface area contributed by atoms with Crippen LogP contribution >= 0.6 is 28.1 Å². The van der Waals surface area contributed by atoms with Crippen LogP contribution in [0, 0.1) is 10.1 Å². The fourth-order valence-electron chi connectivity index (χ4n) is 2.18. The van der Waals surface area contributed by atoms with Gasteiger partial charge in [-0.1, -0.05) is 33.0 Å². The van der Waals surface area contributed by atoms with E-state index in [1.54, 1.807) is 0 Å². The Kier molecular flexibility index (Phi) is 4.48. The molecule has 1 aliphatic rings. The van der Waals surface area contributed by atoms with Crippen LogP contribution in [0.1, 0.15) is 64.1 Å². The quantitative estimate of drug-likeness (QED) is 0.789. The number of halogens is 1. The molecule has 1 aromatic rings. The van der Waals surface area contributed by atoms with Gasteiger partial charge in [-0.3, -0.25) is 0 Å². The molecule has 1 aromatic heterocycles. The Morgan fingerprint density at radius 2 is 2.11 bits per heavy atom. The molecule has 106 valence electrons. The van der Waals surface area contributed by atoms with Crippen molar-refractivity contribution in [1.82, 2.24) is 9.97 Å². The normalized spacial score (nSPS) is 17.5. The van der Waals surface area contributed by atoms with E-state index in [1.165, 1.54) is 18.5 Å². The second kappa shape index (κ2) is 5.62. The first kappa shape index (κ1) is 15.1. The van der Waals surface area contributed by atoms with E-state index in [4.69, 9.17) is 17.0 Å². The Labute approximate surface area is 128 Å². The zero-order chi connectivity index (χ0) is 14.2. The smallest absolute Gasteiger partial charge is 0.144 e. The van der Waals surface area contributed by atoms with E-state index in [0.717, 1.165) is 10.3 Å². The predicted molar refractivity (Wildman–Crippen MR) is 82.9 cm³/mol. The zero-order valence-corrected chi connectivity index (χ0v) is 14.3. The van der Waals surface area contributed by atoms with Crippen molar-refractivity contribution in [3.8, 4) is 0 Å². The summed E-state index contributed by atoms with van der Waals surface area (Å²) < 4.78 is 7.46. The molecule has 1 fully saturated rings. The highest BCUT2D eigenvalue weighted by Crippen LogP contribution is 2.43. The molecule has 19 heavy (non-hydrogen) atoms. The Morgan fingerprint density at radius 1 is 1.47 bits per heavy atom. The van der Waals surface area contributed by atoms with Crippen molar-refractivity contribution in [2.45, 2.75) is 52.6 Å². The minimum atomic E-state index is -0.0650. The molecular weight excluding hydrogens is 324 g/mol. The highest BCUT2D eigenvalue weighted by Gasteiger charge is 2.32. The highest BCUT2D eigenvalue weighted by molar-refractivity contribution is 9.10. The molecule has 1 unspecified atom stereocenters. The summed E-state index contributed by atoms with van der Waals surface area (Å²) >= 11 is 8.92. The summed E-state index contributed by atoms with van der Waals surface area (Å²) in [5.74, 6) is 1.45. The fourth-order valence-corrected chi connectivity index (χ4v) is 2.90. The first-order chi connectivity index (χ1) is 8.84. The molecule has 1 N–H and O–H groups in total. The maximum Gasteiger partial charge on any atom is 0.144 e. The molecule has 0 spiro atoms. The van der Waals surface area contributed by atoms with Crippen molar-refractivity contribution in [1.29, 1.82) is 0 Å². The molecule has 1 atom stereocenters. The first-order valence-electron chi connectivity index (χ1n) is 6.75. The molecule has 0 aliphatic heterocycles. The largest absolute Gasteiger partial charge is 0.370 e. The number of nitrogens with zero attached hydrogens (tertiary/aromatic N) is 1. The van der Waals surface area contributed by atoms with Crippen LogP contribution < -0.4 is 0 Å². The van der Waals surface area contributed by atoms with Gasteiger partial charge in [0.05, 0.1) is 4.47 Å². The van der Waals surface area contributed by atoms with E-state index >= 15 is 0 Å². The Bertz CT molecular complexity index is 517. The predicted octanol–water partition coefficient (Wildman–Crippen LogP) is 4.90. The number of nitrogens with one attached hydrogen (secondary N) is 1. The molecular formula is C14H21BrN2OS. The summed E-state index contributed by atoms with van der Waals surface area (Å²) in [6, 6.07) is 0. The minimum absolute atomic E-state index is 0.0179. The van der Waals surface area contributed by atoms with Gasteiger partial charge in [-0.25, -0.2) is 4.98 Å². The maximum atomic E-state index is 5.89. The Balaban J connectivity index is 2.45. The highest BCUT2D eigenvalue weighted by atomic mass is 79.9. The first-order valence-corrected chi connectivity index (χ1v) is 7.96. The van der Waals surface area contributed by atoms with E-state index < -0.39 is 0 Å². The molecule has 0 aromatic carbocycles. The lowest BCUT2D eigenvalue weighted by Gasteiger charge is -2.30. The molecule has 5 heteroatoms. The van der Waals surface area contributed by atoms with Gasteiger partial charge in [0.1, 0.15) is 16.6 Å². The molecule has 0 amide bonds. The SMILES string of the molecule is CCOC(c1nc(=S)c(Br)c(C2CC2)[nH]1)C(C)(C)C. The molecule has 1 heterocycles. The van der Waals surface area contributed by atoms with Crippen molar-refractivity contribution < 1.29 is 4.74 Å². The van der Waals surface area contributed by atoms with Gasteiger partial charge in [0.2, 0.25) is 0 Å². The second-order valence-corrected chi connectivity index (χ2v) is 7.31. The summed E-state index contributed by atoms with van der Waals surface area (Å²) in [5.41, 5.74) is 1.17. The van der Waals surface area contributed by atoms with Gasteiger partial charge < -0.3 is 9.72 Å². The third-order valence-electron chi connectivity index (χ3n) is 3.26. The van der Waals surface area contributed by atoms with Crippen molar-refractivity contribution in [2.75, 3.05) is 6.61 Å². The molecule has 1 saturated carbocycles. The van der Waals surface area contributed by atoms with Crippen LogP contribution in [0.4, 0.5) is 0 Å². The zero-order valence-electron chi connectivity index (χ0n) is 11.9. The van der Waals surface area contributed by atoms with E-state index in [0.29, 0.717) is 17.2 Å². The molecule has 2 rings (SSSR count). The van der Waals surface area contributed by atoms with Crippen LogP contribution in [0.3, 0.4) is 0 Å². The van der Waals surface area contributed by atoms with Crippen LogP contribution in [-0.4, -0.2) is 16.6 Å². The third kappa shape index (κ3) is 3.44. The number of rotatable bonds is 4. The summed E-state index contributed by atoms with van der Waals surface area (Å²) in [7, 11) is 0. The number of aromatic amines is 1. The maximum absolute atomic E-state index is 5.89. The van der Waals surface area contributed by atoms with Crippen LogP contribution in [0.15, 0.2) is 4.47 Å². The number of H-pyrrole nitrogens is 1. The topological polar surface area (TPSA) is 37.9 Å². The van der Waals surface area contributed by atoms with E-state index in [1.807, 2.05) is 6.92 Å². The van der Waals surface area contributed by atoms with E-state index in [-0.39, 0.29) is 11.5 Å². The summed E-state index contributed by atoms with van der Waals surface area (Å²) in [6.45, 7) is 9.15. The summed E-state index contributed by atoms with van der Waals surface area (Å²) in [4.78, 5) is 7.97. The van der Waals surface area contributed by atoms with E-state index in [2.05, 4.69) is 46.7 Å². The lowest BCUT2D eigenvalue weighted by Crippen LogP contribution is -2.24. The lowest BCUT2D eigenvalue weighted by molar-refractivity contribution is -0.0193. The molecule has 1 aliphatic carbocycles. The minimum Gasteiger partial charge on any atom is -0.370 e. The average molecular weight is 345 g/mol. The van der Waals surface area contributed by atoms with Gasteiger partial charge >= 0.3 is 0 Å². The standard InChI is InChI=1S/C14H21BrN2OS/c1-5-18-11(14(2,3)4)12-16-10(8-6-7-8)9(15)13(19)17-12/h8,11H,5-7H2,1-4H3,(H,16,17,19). The average Bonchev–Trinajstić information content (AvgIpc) is 3.12. The molecule has 3 nitrogen and oxygen atoms in total. The van der Waals surface area contributed by atoms with Crippen molar-refractivity contribution in [3.05, 3.63) is 20.6 Å². The summed E-state index contributed by atoms with van der Waals surface area (Å²) in [5, 5.41) is 0. The van der Waals surface area contributed by atoms with Gasteiger partial charge in [0, 0.05) is 18.2 Å². The van der Waals surface area contributed by atoms with Crippen LogP contribution in [-0.2, 0) is 4.74 Å². The fraction of sp³-hybridized carbons (Fsp3) is 0.714. The second-order valence-electron chi connectivity index (χ2n) is 6.13. The molecule has 0 radical (unpaired) electrons. The Hall–Kier alpha value is -0.260. The van der Waals surface area contributed by atoms with Gasteiger partial charge in [-0.2, -0.15) is 0 Å². The van der Waals surface area contributed by atoms with Gasteiger partial charge in [-0.05, 0) is 41.1 Å². The molecule has 0 saturated heterocycles. The number of hydrogen-bond donors (Lipinski definition) is 1. The monoisotopic (exact) mass is 344 g/mol. The van der Waals surface area contributed by atoms with Crippen LogP contribution in [0.25, 0.3) is 0 Å². The van der Waals surface area contributed by atoms with Gasteiger partial charge in [0.25, 0.3) is 0 Å². The van der Waals surface area contributed by atoms with Crippen molar-refractivity contribution >= 4 is 28.1 Å². The van der Waals surface area contributed by atoms with Crippen molar-refractivity contribution in [3.63, 3.8) is 0 Å². The van der Waals surface area contributed by atoms with Crippen LogP contribution in [0.5, 0.6) is 0 Å². The van der Waals surface area contributed by atoms with Gasteiger partial charge in [-0.15, -0.1) is 0 Å². The lowest BCUT2D eigenvalue weighted by atomic mass is 9.88.